The molecule has 0 amide bonds. The zero-order valence-corrected chi connectivity index (χ0v) is 17.4. The van der Waals surface area contributed by atoms with Crippen molar-refractivity contribution in [1.82, 2.24) is 19.6 Å². The lowest BCUT2D eigenvalue weighted by molar-refractivity contribution is 0.891. The maximum Gasteiger partial charge on any atom is 0.0927 e. The summed E-state index contributed by atoms with van der Waals surface area (Å²) in [4.78, 5) is 2.33. The molecule has 0 aliphatic heterocycles. The standard InChI is InChI=1S/C26H18N4S/c1-3-13-25-19(7-1)17-29(27-25)21-9-5-11-23(15-21)31-24-12-6-10-22(16-24)30-18-20-8-2-4-14-26(20)28-30/h1-18H. The van der Waals surface area contributed by atoms with E-state index in [-0.39, 0.29) is 0 Å². The van der Waals surface area contributed by atoms with Gasteiger partial charge in [0.25, 0.3) is 0 Å². The number of hydrogen-bond donors (Lipinski definition) is 0. The van der Waals surface area contributed by atoms with E-state index >= 15 is 0 Å². The number of rotatable bonds is 4. The van der Waals surface area contributed by atoms with Crippen molar-refractivity contribution < 1.29 is 0 Å². The summed E-state index contributed by atoms with van der Waals surface area (Å²) < 4.78 is 3.89. The Morgan fingerprint density at radius 2 is 1.00 bits per heavy atom. The van der Waals surface area contributed by atoms with Crippen molar-refractivity contribution in [3.8, 4) is 11.4 Å². The van der Waals surface area contributed by atoms with Gasteiger partial charge in [0.05, 0.1) is 22.4 Å². The predicted octanol–water partition coefficient (Wildman–Crippen LogP) is 6.52. The van der Waals surface area contributed by atoms with Crippen molar-refractivity contribution in [3.05, 3.63) is 109 Å². The molecule has 0 saturated heterocycles. The molecule has 0 aliphatic rings. The van der Waals surface area contributed by atoms with Gasteiger partial charge in [-0.3, -0.25) is 0 Å². The SMILES string of the molecule is c1cc(Sc2cccc(-n3cc4ccccc4n3)c2)cc(-n2cc3ccccc3n2)c1. The minimum Gasteiger partial charge on any atom is -0.240 e. The highest BCUT2D eigenvalue weighted by Gasteiger charge is 2.06. The maximum absolute atomic E-state index is 4.70. The molecule has 0 unspecified atom stereocenters. The minimum atomic E-state index is 1.000. The topological polar surface area (TPSA) is 35.6 Å². The van der Waals surface area contributed by atoms with Crippen molar-refractivity contribution in [2.75, 3.05) is 0 Å². The van der Waals surface area contributed by atoms with Gasteiger partial charge >= 0.3 is 0 Å². The van der Waals surface area contributed by atoms with E-state index in [9.17, 15) is 0 Å². The van der Waals surface area contributed by atoms with Gasteiger partial charge in [-0.15, -0.1) is 0 Å². The lowest BCUT2D eigenvalue weighted by Gasteiger charge is -2.07. The summed E-state index contributed by atoms with van der Waals surface area (Å²) >= 11 is 1.74. The van der Waals surface area contributed by atoms with Crippen molar-refractivity contribution in [3.63, 3.8) is 0 Å². The summed E-state index contributed by atoms with van der Waals surface area (Å²) in [6.07, 6.45) is 4.14. The summed E-state index contributed by atoms with van der Waals surface area (Å²) in [6, 6.07) is 33.3. The third kappa shape index (κ3) is 3.49. The molecule has 4 aromatic carbocycles. The maximum atomic E-state index is 4.70. The average molecular weight is 419 g/mol. The highest BCUT2D eigenvalue weighted by Crippen LogP contribution is 2.30. The van der Waals surface area contributed by atoms with Crippen LogP contribution in [0, 0.1) is 0 Å². The fourth-order valence-electron chi connectivity index (χ4n) is 3.71. The lowest BCUT2D eigenvalue weighted by atomic mass is 10.3. The second-order valence-electron chi connectivity index (χ2n) is 7.36. The van der Waals surface area contributed by atoms with Gasteiger partial charge in [-0.1, -0.05) is 60.3 Å². The minimum absolute atomic E-state index is 1.000. The van der Waals surface area contributed by atoms with E-state index in [0.29, 0.717) is 0 Å². The molecule has 0 N–H and O–H groups in total. The molecule has 4 nitrogen and oxygen atoms in total. The van der Waals surface area contributed by atoms with Gasteiger partial charge in [-0.2, -0.15) is 10.2 Å². The number of aromatic nitrogens is 4. The van der Waals surface area contributed by atoms with E-state index in [0.717, 1.165) is 33.2 Å². The molecule has 0 radical (unpaired) electrons. The molecule has 5 heteroatoms. The van der Waals surface area contributed by atoms with Crippen LogP contribution in [0.25, 0.3) is 33.2 Å². The van der Waals surface area contributed by atoms with Crippen LogP contribution in [0.1, 0.15) is 0 Å². The molecule has 0 atom stereocenters. The van der Waals surface area contributed by atoms with E-state index in [1.54, 1.807) is 11.8 Å². The monoisotopic (exact) mass is 418 g/mol. The predicted molar refractivity (Wildman–Crippen MR) is 126 cm³/mol. The second kappa shape index (κ2) is 7.45. The Labute approximate surface area is 183 Å². The molecular formula is C26H18N4S. The van der Waals surface area contributed by atoms with Crippen LogP contribution in [0.2, 0.25) is 0 Å². The molecule has 6 rings (SSSR count). The Balaban J connectivity index is 1.30. The van der Waals surface area contributed by atoms with Gasteiger partial charge in [0.15, 0.2) is 0 Å². The van der Waals surface area contributed by atoms with Crippen LogP contribution >= 0.6 is 11.8 Å². The van der Waals surface area contributed by atoms with Crippen LogP contribution in [0.4, 0.5) is 0 Å². The second-order valence-corrected chi connectivity index (χ2v) is 8.51. The van der Waals surface area contributed by atoms with Gasteiger partial charge < -0.3 is 0 Å². The number of fused-ring (bicyclic) bond motifs is 2. The molecule has 148 valence electrons. The third-order valence-electron chi connectivity index (χ3n) is 5.23. The van der Waals surface area contributed by atoms with E-state index < -0.39 is 0 Å². The number of nitrogens with zero attached hydrogens (tertiary/aromatic N) is 4. The molecule has 0 bridgehead atoms. The third-order valence-corrected chi connectivity index (χ3v) is 6.21. The summed E-state index contributed by atoms with van der Waals surface area (Å²) in [5, 5.41) is 11.7. The quantitative estimate of drug-likeness (QED) is 0.327. The van der Waals surface area contributed by atoms with Crippen LogP contribution in [-0.2, 0) is 0 Å². The number of benzene rings is 4. The summed E-state index contributed by atoms with van der Waals surface area (Å²) in [6.45, 7) is 0. The molecule has 2 heterocycles. The summed E-state index contributed by atoms with van der Waals surface area (Å²) in [5.41, 5.74) is 4.10. The molecule has 6 aromatic rings. The van der Waals surface area contributed by atoms with E-state index in [4.69, 9.17) is 10.2 Å². The van der Waals surface area contributed by atoms with Gasteiger partial charge in [0, 0.05) is 33.0 Å². The van der Waals surface area contributed by atoms with E-state index in [2.05, 4.69) is 73.1 Å². The molecular weight excluding hydrogens is 400 g/mol. The summed E-state index contributed by atoms with van der Waals surface area (Å²) in [7, 11) is 0. The van der Waals surface area contributed by atoms with Crippen molar-refractivity contribution in [2.24, 2.45) is 0 Å². The summed E-state index contributed by atoms with van der Waals surface area (Å²) in [5.74, 6) is 0. The molecule has 0 spiro atoms. The molecule has 0 fully saturated rings. The highest BCUT2D eigenvalue weighted by molar-refractivity contribution is 7.99. The fraction of sp³-hybridized carbons (Fsp3) is 0. The molecule has 0 saturated carbocycles. The number of hydrogen-bond acceptors (Lipinski definition) is 3. The van der Waals surface area contributed by atoms with Crippen LogP contribution in [0.15, 0.2) is 119 Å². The molecule has 0 aliphatic carbocycles. The Morgan fingerprint density at radius 1 is 0.516 bits per heavy atom. The Bertz CT molecular complexity index is 1350. The largest absolute Gasteiger partial charge is 0.240 e. The van der Waals surface area contributed by atoms with E-state index in [1.807, 2.05) is 45.8 Å². The Kier molecular flexibility index (Phi) is 4.32. The van der Waals surface area contributed by atoms with Crippen LogP contribution < -0.4 is 0 Å². The van der Waals surface area contributed by atoms with Gasteiger partial charge in [-0.05, 0) is 48.5 Å². The Hall–Kier alpha value is -3.83. The zero-order valence-electron chi connectivity index (χ0n) is 16.6. The van der Waals surface area contributed by atoms with Gasteiger partial charge in [-0.25, -0.2) is 9.36 Å². The average Bonchev–Trinajstić information content (AvgIpc) is 3.44. The molecule has 31 heavy (non-hydrogen) atoms. The smallest absolute Gasteiger partial charge is 0.0927 e. The Morgan fingerprint density at radius 3 is 1.48 bits per heavy atom. The van der Waals surface area contributed by atoms with E-state index in [1.165, 1.54) is 9.79 Å². The van der Waals surface area contributed by atoms with Crippen molar-refractivity contribution in [1.29, 1.82) is 0 Å². The first-order valence-electron chi connectivity index (χ1n) is 10.1. The molecule has 2 aromatic heterocycles. The van der Waals surface area contributed by atoms with Crippen molar-refractivity contribution in [2.45, 2.75) is 9.79 Å². The van der Waals surface area contributed by atoms with Crippen LogP contribution in [-0.4, -0.2) is 19.6 Å². The van der Waals surface area contributed by atoms with Gasteiger partial charge in [0.1, 0.15) is 0 Å². The van der Waals surface area contributed by atoms with Crippen LogP contribution in [0.5, 0.6) is 0 Å². The van der Waals surface area contributed by atoms with Crippen molar-refractivity contribution >= 4 is 33.6 Å². The van der Waals surface area contributed by atoms with Crippen LogP contribution in [0.3, 0.4) is 0 Å². The first kappa shape index (κ1) is 18.0. The normalized spacial score (nSPS) is 11.4. The first-order valence-corrected chi connectivity index (χ1v) is 10.9. The first-order chi connectivity index (χ1) is 15.3. The highest BCUT2D eigenvalue weighted by atomic mass is 32.2. The van der Waals surface area contributed by atoms with Gasteiger partial charge in [0.2, 0.25) is 0 Å². The zero-order chi connectivity index (χ0) is 20.6. The fourth-order valence-corrected chi connectivity index (χ4v) is 4.63. The lowest BCUT2D eigenvalue weighted by Crippen LogP contribution is -1.95.